The predicted molar refractivity (Wildman–Crippen MR) is 83.4 cm³/mol. The normalized spacial score (nSPS) is 11.1. The molecule has 0 saturated heterocycles. The summed E-state index contributed by atoms with van der Waals surface area (Å²) in [5, 5.41) is 0.666. The molecule has 1 heterocycles. The number of nitrogens with zero attached hydrogens (tertiary/aromatic N) is 2. The van der Waals surface area contributed by atoms with Crippen LogP contribution in [0.4, 0.5) is 5.82 Å². The molecule has 0 fully saturated rings. The fourth-order valence-electron chi connectivity index (χ4n) is 2.11. The van der Waals surface area contributed by atoms with Gasteiger partial charge in [-0.1, -0.05) is 25.4 Å². The molecule has 0 amide bonds. The molecule has 0 saturated carbocycles. The molecule has 0 bridgehead atoms. The smallest absolute Gasteiger partial charge is 0.162 e. The van der Waals surface area contributed by atoms with Gasteiger partial charge in [0.1, 0.15) is 5.82 Å². The Labute approximate surface area is 126 Å². The van der Waals surface area contributed by atoms with Crippen LogP contribution in [0.3, 0.4) is 0 Å². The highest BCUT2D eigenvalue weighted by molar-refractivity contribution is 9.10. The Morgan fingerprint density at radius 3 is 2.47 bits per heavy atom. The number of nitrogens with two attached hydrogens (primary N) is 1. The number of aromatic nitrogens is 2. The molecule has 0 radical (unpaired) electrons. The number of hydrogen-bond acceptors (Lipinski definition) is 3. The molecule has 5 heteroatoms. The third-order valence-electron chi connectivity index (χ3n) is 2.92. The highest BCUT2D eigenvalue weighted by Gasteiger charge is 2.14. The third kappa shape index (κ3) is 2.90. The highest BCUT2D eigenvalue weighted by Crippen LogP contribution is 2.31. The topological polar surface area (TPSA) is 51.8 Å². The minimum absolute atomic E-state index is 0.308. The van der Waals surface area contributed by atoms with E-state index in [1.807, 2.05) is 25.1 Å². The van der Waals surface area contributed by atoms with Crippen molar-refractivity contribution in [3.8, 4) is 11.4 Å². The van der Waals surface area contributed by atoms with Crippen LogP contribution in [0.15, 0.2) is 22.7 Å². The summed E-state index contributed by atoms with van der Waals surface area (Å²) in [6, 6.07) is 5.52. The van der Waals surface area contributed by atoms with Gasteiger partial charge in [0.25, 0.3) is 0 Å². The van der Waals surface area contributed by atoms with E-state index in [0.29, 0.717) is 22.6 Å². The molecule has 2 N–H and O–H groups in total. The lowest BCUT2D eigenvalue weighted by Gasteiger charge is -2.13. The van der Waals surface area contributed by atoms with Crippen molar-refractivity contribution in [1.82, 2.24) is 9.97 Å². The van der Waals surface area contributed by atoms with Crippen LogP contribution in [0.5, 0.6) is 0 Å². The Kier molecular flexibility index (Phi) is 4.11. The molecular weight excluding hydrogens is 326 g/mol. The van der Waals surface area contributed by atoms with E-state index in [1.54, 1.807) is 0 Å². The lowest BCUT2D eigenvalue weighted by molar-refractivity contribution is 0.836. The summed E-state index contributed by atoms with van der Waals surface area (Å²) in [6.07, 6.45) is 0. The monoisotopic (exact) mass is 339 g/mol. The molecule has 0 aliphatic heterocycles. The van der Waals surface area contributed by atoms with Crippen LogP contribution >= 0.6 is 27.5 Å². The SMILES string of the molecule is Cc1nc(-c2ccc(Cl)cc2Br)nc(N)c1C(C)C. The number of benzene rings is 1. The van der Waals surface area contributed by atoms with Crippen LogP contribution in [-0.2, 0) is 0 Å². The van der Waals surface area contributed by atoms with Gasteiger partial charge in [-0.2, -0.15) is 0 Å². The van der Waals surface area contributed by atoms with Crippen LogP contribution in [0.2, 0.25) is 5.02 Å². The van der Waals surface area contributed by atoms with Crippen molar-refractivity contribution < 1.29 is 0 Å². The molecule has 1 aromatic heterocycles. The van der Waals surface area contributed by atoms with Crippen LogP contribution in [0, 0.1) is 6.92 Å². The summed E-state index contributed by atoms with van der Waals surface area (Å²) >= 11 is 9.41. The zero-order valence-electron chi connectivity index (χ0n) is 11.0. The molecule has 0 atom stereocenters. The molecule has 2 aromatic rings. The zero-order valence-corrected chi connectivity index (χ0v) is 13.4. The third-order valence-corrected chi connectivity index (χ3v) is 3.81. The molecule has 100 valence electrons. The second-order valence-corrected chi connectivity index (χ2v) is 6.00. The number of rotatable bonds is 2. The Morgan fingerprint density at radius 2 is 1.95 bits per heavy atom. The van der Waals surface area contributed by atoms with Gasteiger partial charge in [0.05, 0.1) is 0 Å². The van der Waals surface area contributed by atoms with Crippen LogP contribution in [-0.4, -0.2) is 9.97 Å². The van der Waals surface area contributed by atoms with Gasteiger partial charge in [0.2, 0.25) is 0 Å². The maximum Gasteiger partial charge on any atom is 0.162 e. The summed E-state index contributed by atoms with van der Waals surface area (Å²) in [4.78, 5) is 8.96. The number of anilines is 1. The van der Waals surface area contributed by atoms with E-state index < -0.39 is 0 Å². The molecule has 0 aliphatic carbocycles. The van der Waals surface area contributed by atoms with Gasteiger partial charge in [-0.3, -0.25) is 0 Å². The van der Waals surface area contributed by atoms with E-state index >= 15 is 0 Å². The van der Waals surface area contributed by atoms with Crippen molar-refractivity contribution in [1.29, 1.82) is 0 Å². The summed E-state index contributed by atoms with van der Waals surface area (Å²) in [5.41, 5.74) is 8.86. The summed E-state index contributed by atoms with van der Waals surface area (Å²) in [5.74, 6) is 1.46. The molecule has 0 spiro atoms. The average Bonchev–Trinajstić information content (AvgIpc) is 2.26. The van der Waals surface area contributed by atoms with E-state index in [-0.39, 0.29) is 0 Å². The number of hydrogen-bond donors (Lipinski definition) is 1. The Morgan fingerprint density at radius 1 is 1.26 bits per heavy atom. The van der Waals surface area contributed by atoms with Crippen molar-refractivity contribution in [3.05, 3.63) is 39.0 Å². The molecule has 0 aliphatic rings. The summed E-state index contributed by atoms with van der Waals surface area (Å²) < 4.78 is 0.857. The van der Waals surface area contributed by atoms with Crippen LogP contribution in [0.25, 0.3) is 11.4 Å². The van der Waals surface area contributed by atoms with Gasteiger partial charge in [0.15, 0.2) is 5.82 Å². The molecule has 2 rings (SSSR count). The fourth-order valence-corrected chi connectivity index (χ4v) is 2.97. The lowest BCUT2D eigenvalue weighted by Crippen LogP contribution is -2.06. The average molecular weight is 341 g/mol. The maximum atomic E-state index is 6.05. The van der Waals surface area contributed by atoms with Crippen molar-refractivity contribution in [2.45, 2.75) is 26.7 Å². The van der Waals surface area contributed by atoms with Gasteiger partial charge >= 0.3 is 0 Å². The minimum atomic E-state index is 0.308. The molecule has 3 nitrogen and oxygen atoms in total. The van der Waals surface area contributed by atoms with Gasteiger partial charge in [-0.25, -0.2) is 9.97 Å². The van der Waals surface area contributed by atoms with Gasteiger partial charge in [-0.05, 0) is 47.0 Å². The Bertz CT molecular complexity index is 603. The van der Waals surface area contributed by atoms with Crippen molar-refractivity contribution in [2.75, 3.05) is 5.73 Å². The van der Waals surface area contributed by atoms with E-state index in [4.69, 9.17) is 17.3 Å². The quantitative estimate of drug-likeness (QED) is 0.871. The fraction of sp³-hybridized carbons (Fsp3) is 0.286. The minimum Gasteiger partial charge on any atom is -0.383 e. The summed E-state index contributed by atoms with van der Waals surface area (Å²) in [7, 11) is 0. The second kappa shape index (κ2) is 5.47. The number of aryl methyl sites for hydroxylation is 1. The van der Waals surface area contributed by atoms with Gasteiger partial charge < -0.3 is 5.73 Å². The van der Waals surface area contributed by atoms with Crippen molar-refractivity contribution in [2.24, 2.45) is 0 Å². The van der Waals surface area contributed by atoms with Crippen LogP contribution in [0.1, 0.15) is 31.0 Å². The standard InChI is InChI=1S/C14H15BrClN3/c1-7(2)12-8(3)18-14(19-13(12)17)10-5-4-9(16)6-11(10)15/h4-7H,1-3H3,(H2,17,18,19). The molecule has 1 aromatic carbocycles. The molecular formula is C14H15BrClN3. The number of nitrogen functional groups attached to an aromatic ring is 1. The summed E-state index contributed by atoms with van der Waals surface area (Å²) in [6.45, 7) is 6.13. The van der Waals surface area contributed by atoms with E-state index in [0.717, 1.165) is 21.3 Å². The second-order valence-electron chi connectivity index (χ2n) is 4.71. The van der Waals surface area contributed by atoms with E-state index in [1.165, 1.54) is 0 Å². The molecule has 19 heavy (non-hydrogen) atoms. The first-order chi connectivity index (χ1) is 8.90. The first-order valence-corrected chi connectivity index (χ1v) is 7.16. The number of halogens is 2. The van der Waals surface area contributed by atoms with Gasteiger partial charge in [0, 0.05) is 26.3 Å². The first-order valence-electron chi connectivity index (χ1n) is 5.99. The largest absolute Gasteiger partial charge is 0.383 e. The molecule has 0 unspecified atom stereocenters. The van der Waals surface area contributed by atoms with E-state index in [9.17, 15) is 0 Å². The lowest BCUT2D eigenvalue weighted by atomic mass is 10.0. The van der Waals surface area contributed by atoms with Gasteiger partial charge in [-0.15, -0.1) is 0 Å². The predicted octanol–water partition coefficient (Wildman–Crippen LogP) is 4.57. The maximum absolute atomic E-state index is 6.05. The van der Waals surface area contributed by atoms with E-state index in [2.05, 4.69) is 39.7 Å². The van der Waals surface area contributed by atoms with Crippen molar-refractivity contribution >= 4 is 33.3 Å². The highest BCUT2D eigenvalue weighted by atomic mass is 79.9. The first kappa shape index (κ1) is 14.3. The van der Waals surface area contributed by atoms with Crippen LogP contribution < -0.4 is 5.73 Å². The Hall–Kier alpha value is -1.13. The zero-order chi connectivity index (χ0) is 14.2. The van der Waals surface area contributed by atoms with Crippen molar-refractivity contribution in [3.63, 3.8) is 0 Å². The Balaban J connectivity index is 2.58.